The fourth-order valence-corrected chi connectivity index (χ4v) is 3.71. The molecule has 3 aromatic carbocycles. The molecule has 4 rings (SSSR count). The lowest BCUT2D eigenvalue weighted by Gasteiger charge is -2.25. The Bertz CT molecular complexity index is 866. The van der Waals surface area contributed by atoms with E-state index >= 15 is 0 Å². The van der Waals surface area contributed by atoms with Crippen molar-refractivity contribution in [3.05, 3.63) is 59.7 Å². The molecule has 0 aromatic heterocycles. The van der Waals surface area contributed by atoms with E-state index in [4.69, 9.17) is 5.73 Å². The van der Waals surface area contributed by atoms with Gasteiger partial charge >= 0.3 is 0 Å². The van der Waals surface area contributed by atoms with Crippen LogP contribution in [0.4, 0.5) is 0 Å². The largest absolute Gasteiger partial charge is 0.369 e. The number of primary amides is 1. The summed E-state index contributed by atoms with van der Waals surface area (Å²) in [6.07, 6.45) is 2.95. The van der Waals surface area contributed by atoms with Crippen LogP contribution in [0.1, 0.15) is 29.9 Å². The fourth-order valence-electron chi connectivity index (χ4n) is 3.71. The van der Waals surface area contributed by atoms with Gasteiger partial charge in [0.05, 0.1) is 5.92 Å². The Kier molecular flexibility index (Phi) is 2.71. The SMILES string of the molecule is NC(=O)C1CCCc2ccc3c(ccc4ccccc43)c21. The summed E-state index contributed by atoms with van der Waals surface area (Å²) in [7, 11) is 0. The number of fused-ring (bicyclic) bond motifs is 5. The second-order valence-corrected chi connectivity index (χ2v) is 5.87. The molecular weight excluding hydrogens is 258 g/mol. The van der Waals surface area contributed by atoms with Crippen LogP contribution >= 0.6 is 0 Å². The Labute approximate surface area is 123 Å². The van der Waals surface area contributed by atoms with Crippen molar-refractivity contribution in [1.82, 2.24) is 0 Å². The van der Waals surface area contributed by atoms with E-state index in [0.29, 0.717) is 0 Å². The lowest BCUT2D eigenvalue weighted by Crippen LogP contribution is -2.25. The van der Waals surface area contributed by atoms with E-state index in [2.05, 4.69) is 48.5 Å². The molecule has 0 fully saturated rings. The summed E-state index contributed by atoms with van der Waals surface area (Å²) in [5.41, 5.74) is 8.10. The van der Waals surface area contributed by atoms with Gasteiger partial charge in [0.15, 0.2) is 0 Å². The highest BCUT2D eigenvalue weighted by Crippen LogP contribution is 2.38. The summed E-state index contributed by atoms with van der Waals surface area (Å²) in [4.78, 5) is 11.8. The van der Waals surface area contributed by atoms with Crippen LogP contribution in [0.25, 0.3) is 21.5 Å². The van der Waals surface area contributed by atoms with Gasteiger partial charge in [-0.05, 0) is 51.9 Å². The summed E-state index contributed by atoms with van der Waals surface area (Å²) in [6.45, 7) is 0. The molecule has 2 N–H and O–H groups in total. The van der Waals surface area contributed by atoms with Gasteiger partial charge in [0.25, 0.3) is 0 Å². The number of amides is 1. The average molecular weight is 275 g/mol. The van der Waals surface area contributed by atoms with Crippen LogP contribution in [-0.4, -0.2) is 5.91 Å². The van der Waals surface area contributed by atoms with E-state index in [-0.39, 0.29) is 11.8 Å². The van der Waals surface area contributed by atoms with Gasteiger partial charge in [-0.3, -0.25) is 4.79 Å². The van der Waals surface area contributed by atoms with Crippen molar-refractivity contribution in [1.29, 1.82) is 0 Å². The molecule has 2 heteroatoms. The molecule has 21 heavy (non-hydrogen) atoms. The zero-order chi connectivity index (χ0) is 14.4. The number of rotatable bonds is 1. The lowest BCUT2D eigenvalue weighted by atomic mass is 9.79. The molecule has 1 atom stereocenters. The van der Waals surface area contributed by atoms with Crippen LogP contribution in [0.5, 0.6) is 0 Å². The second kappa shape index (κ2) is 4.59. The van der Waals surface area contributed by atoms with Gasteiger partial charge in [0.2, 0.25) is 5.91 Å². The van der Waals surface area contributed by atoms with E-state index < -0.39 is 0 Å². The predicted molar refractivity (Wildman–Crippen MR) is 86.3 cm³/mol. The molecule has 0 radical (unpaired) electrons. The van der Waals surface area contributed by atoms with Crippen molar-refractivity contribution in [2.45, 2.75) is 25.2 Å². The van der Waals surface area contributed by atoms with Crippen LogP contribution < -0.4 is 5.73 Å². The smallest absolute Gasteiger partial charge is 0.224 e. The zero-order valence-electron chi connectivity index (χ0n) is 11.8. The lowest BCUT2D eigenvalue weighted by molar-refractivity contribution is -0.119. The highest BCUT2D eigenvalue weighted by Gasteiger charge is 2.26. The Morgan fingerprint density at radius 2 is 1.76 bits per heavy atom. The third-order valence-corrected chi connectivity index (χ3v) is 4.69. The van der Waals surface area contributed by atoms with E-state index in [1.165, 1.54) is 27.1 Å². The Balaban J connectivity index is 2.11. The van der Waals surface area contributed by atoms with Gasteiger partial charge in [-0.2, -0.15) is 0 Å². The molecular formula is C19H17NO. The fraction of sp³-hybridized carbons (Fsp3) is 0.211. The molecule has 1 aliphatic carbocycles. The van der Waals surface area contributed by atoms with Crippen molar-refractivity contribution in [3.63, 3.8) is 0 Å². The molecule has 2 nitrogen and oxygen atoms in total. The van der Waals surface area contributed by atoms with Crippen molar-refractivity contribution >= 4 is 27.5 Å². The van der Waals surface area contributed by atoms with Crippen molar-refractivity contribution in [3.8, 4) is 0 Å². The van der Waals surface area contributed by atoms with Gasteiger partial charge in [-0.1, -0.05) is 48.5 Å². The maximum Gasteiger partial charge on any atom is 0.224 e. The van der Waals surface area contributed by atoms with Crippen molar-refractivity contribution < 1.29 is 4.79 Å². The Morgan fingerprint density at radius 3 is 2.62 bits per heavy atom. The van der Waals surface area contributed by atoms with Crippen LogP contribution in [0.15, 0.2) is 48.5 Å². The number of carbonyl (C=O) groups excluding carboxylic acids is 1. The molecule has 1 amide bonds. The van der Waals surface area contributed by atoms with E-state index in [0.717, 1.165) is 24.8 Å². The average Bonchev–Trinajstić information content (AvgIpc) is 2.53. The van der Waals surface area contributed by atoms with Gasteiger partial charge in [0.1, 0.15) is 0 Å². The third-order valence-electron chi connectivity index (χ3n) is 4.69. The van der Waals surface area contributed by atoms with E-state index in [9.17, 15) is 4.79 Å². The number of aryl methyl sites for hydroxylation is 1. The molecule has 104 valence electrons. The van der Waals surface area contributed by atoms with Crippen LogP contribution in [0.2, 0.25) is 0 Å². The van der Waals surface area contributed by atoms with E-state index in [1.807, 2.05) is 0 Å². The maximum atomic E-state index is 11.8. The minimum atomic E-state index is -0.198. The molecule has 0 bridgehead atoms. The zero-order valence-corrected chi connectivity index (χ0v) is 11.8. The van der Waals surface area contributed by atoms with Crippen LogP contribution in [0, 0.1) is 0 Å². The molecule has 0 heterocycles. The topological polar surface area (TPSA) is 43.1 Å². The normalized spacial score (nSPS) is 17.8. The minimum Gasteiger partial charge on any atom is -0.369 e. The number of hydrogen-bond acceptors (Lipinski definition) is 1. The summed E-state index contributed by atoms with van der Waals surface area (Å²) < 4.78 is 0. The number of carbonyl (C=O) groups is 1. The van der Waals surface area contributed by atoms with Crippen LogP contribution in [-0.2, 0) is 11.2 Å². The summed E-state index contributed by atoms with van der Waals surface area (Å²) in [6, 6.07) is 17.1. The summed E-state index contributed by atoms with van der Waals surface area (Å²) in [5, 5.41) is 4.89. The first-order valence-electron chi connectivity index (χ1n) is 7.48. The van der Waals surface area contributed by atoms with E-state index in [1.54, 1.807) is 0 Å². The van der Waals surface area contributed by atoms with Crippen molar-refractivity contribution in [2.75, 3.05) is 0 Å². The standard InChI is InChI=1S/C19H17NO/c20-19(21)17-7-3-5-13-9-10-15-14-6-2-1-4-12(14)8-11-16(15)18(13)17/h1-2,4,6,8-11,17H,3,5,7H2,(H2,20,21). The first kappa shape index (κ1) is 12.4. The highest BCUT2D eigenvalue weighted by molar-refractivity contribution is 6.09. The molecule has 1 aliphatic rings. The van der Waals surface area contributed by atoms with Crippen LogP contribution in [0.3, 0.4) is 0 Å². The monoisotopic (exact) mass is 275 g/mol. The van der Waals surface area contributed by atoms with Crippen molar-refractivity contribution in [2.24, 2.45) is 5.73 Å². The Morgan fingerprint density at radius 1 is 0.952 bits per heavy atom. The second-order valence-electron chi connectivity index (χ2n) is 5.87. The highest BCUT2D eigenvalue weighted by atomic mass is 16.1. The van der Waals surface area contributed by atoms with Gasteiger partial charge in [-0.25, -0.2) is 0 Å². The number of hydrogen-bond donors (Lipinski definition) is 1. The molecule has 0 aliphatic heterocycles. The summed E-state index contributed by atoms with van der Waals surface area (Å²) in [5.74, 6) is -0.338. The minimum absolute atomic E-state index is 0.140. The van der Waals surface area contributed by atoms with Gasteiger partial charge < -0.3 is 5.73 Å². The molecule has 3 aromatic rings. The molecule has 0 saturated heterocycles. The molecule has 0 spiro atoms. The third kappa shape index (κ3) is 1.83. The predicted octanol–water partition coefficient (Wildman–Crippen LogP) is 3.90. The van der Waals surface area contributed by atoms with Gasteiger partial charge in [0, 0.05) is 0 Å². The maximum absolute atomic E-state index is 11.8. The number of benzene rings is 3. The first-order valence-corrected chi connectivity index (χ1v) is 7.48. The number of nitrogens with two attached hydrogens (primary N) is 1. The molecule has 0 saturated carbocycles. The summed E-state index contributed by atoms with van der Waals surface area (Å²) >= 11 is 0. The first-order chi connectivity index (χ1) is 10.3. The van der Waals surface area contributed by atoms with Gasteiger partial charge in [-0.15, -0.1) is 0 Å². The quantitative estimate of drug-likeness (QED) is 0.672. The molecule has 1 unspecified atom stereocenters. The Hall–Kier alpha value is -2.35.